The van der Waals surface area contributed by atoms with Gasteiger partial charge in [0.25, 0.3) is 0 Å². The maximum Gasteiger partial charge on any atom is 0.149 e. The van der Waals surface area contributed by atoms with Gasteiger partial charge in [-0.15, -0.1) is 0 Å². The molecule has 0 unspecified atom stereocenters. The number of rotatable bonds is 3. The summed E-state index contributed by atoms with van der Waals surface area (Å²) in [6.45, 7) is 1.13. The molecule has 5 nitrogen and oxygen atoms in total. The molecule has 1 heterocycles. The first kappa shape index (κ1) is 9.29. The lowest BCUT2D eigenvalue weighted by Gasteiger charge is -2.06. The molecule has 0 spiro atoms. The highest BCUT2D eigenvalue weighted by atomic mass is 15.0. The average molecular weight is 177 g/mol. The number of aromatic nitrogens is 1. The van der Waals surface area contributed by atoms with Crippen LogP contribution < -0.4 is 16.8 Å². The normalized spacial score (nSPS) is 9.23. The Labute approximate surface area is 76.4 Å². The van der Waals surface area contributed by atoms with E-state index in [4.69, 9.17) is 16.7 Å². The smallest absolute Gasteiger partial charge is 0.149 e. The number of nitrogens with two attached hydrogens (primary N) is 2. The number of nitrogens with one attached hydrogen (secondary N) is 1. The molecular weight excluding hydrogens is 166 g/mol. The van der Waals surface area contributed by atoms with Gasteiger partial charge in [0, 0.05) is 19.3 Å². The Morgan fingerprint density at radius 2 is 2.38 bits per heavy atom. The lowest BCUT2D eigenvalue weighted by molar-refractivity contribution is 1.01. The molecule has 0 aliphatic heterocycles. The molecule has 1 aromatic heterocycles. The van der Waals surface area contributed by atoms with Crippen LogP contribution in [0.5, 0.6) is 0 Å². The average Bonchev–Trinajstić information content (AvgIpc) is 2.16. The molecule has 0 bridgehead atoms. The van der Waals surface area contributed by atoms with E-state index in [1.807, 2.05) is 6.07 Å². The number of nitriles is 1. The van der Waals surface area contributed by atoms with Crippen LogP contribution in [0.2, 0.25) is 0 Å². The fraction of sp³-hybridized carbons (Fsp3) is 0.250. The molecule has 0 amide bonds. The minimum absolute atomic E-state index is 0.454. The zero-order chi connectivity index (χ0) is 9.68. The monoisotopic (exact) mass is 177 g/mol. The molecule has 5 heteroatoms. The summed E-state index contributed by atoms with van der Waals surface area (Å²) in [5, 5.41) is 11.5. The highest BCUT2D eigenvalue weighted by molar-refractivity contribution is 5.62. The van der Waals surface area contributed by atoms with Gasteiger partial charge in [0.2, 0.25) is 0 Å². The lowest BCUT2D eigenvalue weighted by Crippen LogP contribution is -2.14. The Morgan fingerprint density at radius 1 is 1.62 bits per heavy atom. The van der Waals surface area contributed by atoms with Gasteiger partial charge in [0.05, 0.1) is 11.3 Å². The molecule has 0 saturated heterocycles. The van der Waals surface area contributed by atoms with Crippen molar-refractivity contribution in [2.45, 2.75) is 0 Å². The predicted octanol–water partition coefficient (Wildman–Crippen LogP) is -0.0939. The fourth-order valence-electron chi connectivity index (χ4n) is 0.881. The minimum Gasteiger partial charge on any atom is -0.396 e. The third-order valence-electron chi connectivity index (χ3n) is 1.48. The number of nitrogen functional groups attached to an aromatic ring is 1. The first-order valence-electron chi connectivity index (χ1n) is 3.87. The molecule has 5 N–H and O–H groups in total. The topological polar surface area (TPSA) is 101 Å². The number of nitrogens with zero attached hydrogens (tertiary/aromatic N) is 2. The maximum absolute atomic E-state index is 8.54. The highest BCUT2D eigenvalue weighted by Gasteiger charge is 2.00. The van der Waals surface area contributed by atoms with E-state index in [0.29, 0.717) is 30.2 Å². The van der Waals surface area contributed by atoms with Crippen LogP contribution in [0, 0.1) is 11.3 Å². The molecule has 68 valence electrons. The summed E-state index contributed by atoms with van der Waals surface area (Å²) < 4.78 is 0. The van der Waals surface area contributed by atoms with Crippen LogP contribution in [0.15, 0.2) is 12.3 Å². The van der Waals surface area contributed by atoms with Crippen molar-refractivity contribution in [3.05, 3.63) is 17.8 Å². The molecule has 0 fully saturated rings. The molecule has 1 aromatic rings. The van der Waals surface area contributed by atoms with Crippen molar-refractivity contribution >= 4 is 11.5 Å². The third kappa shape index (κ3) is 2.32. The van der Waals surface area contributed by atoms with Crippen molar-refractivity contribution in [1.82, 2.24) is 4.98 Å². The summed E-state index contributed by atoms with van der Waals surface area (Å²) in [7, 11) is 0. The second-order valence-corrected chi connectivity index (χ2v) is 2.49. The second-order valence-electron chi connectivity index (χ2n) is 2.49. The lowest BCUT2D eigenvalue weighted by atomic mass is 10.3. The van der Waals surface area contributed by atoms with E-state index in [1.54, 1.807) is 6.07 Å². The molecule has 0 radical (unpaired) electrons. The number of pyridine rings is 1. The fourth-order valence-corrected chi connectivity index (χ4v) is 0.881. The Bertz CT molecular complexity index is 328. The molecule has 1 rings (SSSR count). The molecule has 0 aromatic carbocycles. The van der Waals surface area contributed by atoms with Crippen LogP contribution in [0.1, 0.15) is 5.56 Å². The number of hydrogen-bond acceptors (Lipinski definition) is 5. The molecule has 13 heavy (non-hydrogen) atoms. The van der Waals surface area contributed by atoms with E-state index < -0.39 is 0 Å². The summed E-state index contributed by atoms with van der Waals surface area (Å²) in [6.07, 6.45) is 1.47. The Kier molecular flexibility index (Phi) is 3.06. The van der Waals surface area contributed by atoms with Crippen LogP contribution in [0.4, 0.5) is 11.5 Å². The van der Waals surface area contributed by atoms with Crippen molar-refractivity contribution in [1.29, 1.82) is 5.26 Å². The minimum atomic E-state index is 0.454. The van der Waals surface area contributed by atoms with Gasteiger partial charge in [-0.1, -0.05) is 0 Å². The molecule has 0 saturated carbocycles. The van der Waals surface area contributed by atoms with E-state index in [2.05, 4.69) is 10.3 Å². The van der Waals surface area contributed by atoms with Gasteiger partial charge in [0.15, 0.2) is 0 Å². The van der Waals surface area contributed by atoms with Crippen LogP contribution >= 0.6 is 0 Å². The number of hydrogen-bond donors (Lipinski definition) is 3. The van der Waals surface area contributed by atoms with Gasteiger partial charge >= 0.3 is 0 Å². The summed E-state index contributed by atoms with van der Waals surface area (Å²) in [6, 6.07) is 3.53. The summed E-state index contributed by atoms with van der Waals surface area (Å²) >= 11 is 0. The van der Waals surface area contributed by atoms with Gasteiger partial charge < -0.3 is 16.8 Å². The summed E-state index contributed by atoms with van der Waals surface area (Å²) in [5.41, 5.74) is 11.8. The maximum atomic E-state index is 8.54. The van der Waals surface area contributed by atoms with Crippen LogP contribution in [-0.2, 0) is 0 Å². The van der Waals surface area contributed by atoms with Crippen LogP contribution in [-0.4, -0.2) is 18.1 Å². The zero-order valence-corrected chi connectivity index (χ0v) is 7.12. The first-order chi connectivity index (χ1) is 6.27. The summed E-state index contributed by atoms with van der Waals surface area (Å²) in [5.74, 6) is 0.574. The first-order valence-corrected chi connectivity index (χ1v) is 3.87. The van der Waals surface area contributed by atoms with Crippen molar-refractivity contribution < 1.29 is 0 Å². The Hall–Kier alpha value is -1.80. The van der Waals surface area contributed by atoms with Crippen molar-refractivity contribution in [2.75, 3.05) is 24.1 Å². The van der Waals surface area contributed by atoms with E-state index in [9.17, 15) is 0 Å². The summed E-state index contributed by atoms with van der Waals surface area (Å²) in [4.78, 5) is 3.97. The van der Waals surface area contributed by atoms with Crippen molar-refractivity contribution in [3.8, 4) is 6.07 Å². The standard InChI is InChI=1S/C8H11N5/c9-1-2-12-8-7(11)3-6(4-10)5-13-8/h3,5H,1-2,9,11H2,(H,12,13). The SMILES string of the molecule is N#Cc1cnc(NCCN)c(N)c1. The molecule has 0 aliphatic rings. The molecule has 0 atom stereocenters. The van der Waals surface area contributed by atoms with Crippen LogP contribution in [0.25, 0.3) is 0 Å². The van der Waals surface area contributed by atoms with E-state index in [0.717, 1.165) is 0 Å². The van der Waals surface area contributed by atoms with E-state index >= 15 is 0 Å². The molecular formula is C8H11N5. The van der Waals surface area contributed by atoms with Crippen molar-refractivity contribution in [2.24, 2.45) is 5.73 Å². The van der Waals surface area contributed by atoms with Gasteiger partial charge in [-0.2, -0.15) is 5.26 Å². The Balaban J connectivity index is 2.81. The van der Waals surface area contributed by atoms with Crippen LogP contribution in [0.3, 0.4) is 0 Å². The van der Waals surface area contributed by atoms with Gasteiger partial charge in [-0.05, 0) is 6.07 Å². The zero-order valence-electron chi connectivity index (χ0n) is 7.12. The largest absolute Gasteiger partial charge is 0.396 e. The van der Waals surface area contributed by atoms with Gasteiger partial charge in [0.1, 0.15) is 11.9 Å². The molecule has 0 aliphatic carbocycles. The Morgan fingerprint density at radius 3 is 2.92 bits per heavy atom. The quantitative estimate of drug-likeness (QED) is 0.598. The predicted molar refractivity (Wildman–Crippen MR) is 50.9 cm³/mol. The van der Waals surface area contributed by atoms with Gasteiger partial charge in [-0.25, -0.2) is 4.98 Å². The number of anilines is 2. The van der Waals surface area contributed by atoms with Crippen molar-refractivity contribution in [3.63, 3.8) is 0 Å². The second kappa shape index (κ2) is 4.28. The highest BCUT2D eigenvalue weighted by Crippen LogP contribution is 2.14. The van der Waals surface area contributed by atoms with E-state index in [1.165, 1.54) is 6.20 Å². The third-order valence-corrected chi connectivity index (χ3v) is 1.48. The van der Waals surface area contributed by atoms with Gasteiger partial charge in [-0.3, -0.25) is 0 Å². The van der Waals surface area contributed by atoms with E-state index in [-0.39, 0.29) is 0 Å².